The molecule has 0 aliphatic rings. The van der Waals surface area contributed by atoms with E-state index in [4.69, 9.17) is 0 Å². The Morgan fingerprint density at radius 3 is 1.67 bits per heavy atom. The van der Waals surface area contributed by atoms with E-state index in [1.165, 1.54) is 5.56 Å². The van der Waals surface area contributed by atoms with Gasteiger partial charge in [-0.25, -0.2) is 0 Å². The SMILES string of the molecule is CCCC(C)c1cc(C)cc(C(C)CCC)c1O. The van der Waals surface area contributed by atoms with Gasteiger partial charge in [-0.05, 0) is 42.7 Å². The Morgan fingerprint density at radius 1 is 0.944 bits per heavy atom. The molecule has 0 spiro atoms. The first-order chi connectivity index (χ1) is 8.51. The van der Waals surface area contributed by atoms with Gasteiger partial charge in [-0.3, -0.25) is 0 Å². The van der Waals surface area contributed by atoms with Crippen LogP contribution in [0, 0.1) is 6.92 Å². The molecule has 0 aliphatic heterocycles. The van der Waals surface area contributed by atoms with Gasteiger partial charge in [0.25, 0.3) is 0 Å². The fourth-order valence-corrected chi connectivity index (χ4v) is 2.76. The van der Waals surface area contributed by atoms with E-state index in [0.29, 0.717) is 17.6 Å². The predicted octanol–water partition coefficient (Wildman–Crippen LogP) is 5.51. The standard InChI is InChI=1S/C17H28O/c1-6-8-13(4)15-10-12(3)11-16(17(15)18)14(5)9-7-2/h10-11,13-14,18H,6-9H2,1-5H3. The number of rotatable bonds is 6. The largest absolute Gasteiger partial charge is 0.507 e. The van der Waals surface area contributed by atoms with Crippen LogP contribution < -0.4 is 0 Å². The Balaban J connectivity index is 3.13. The summed E-state index contributed by atoms with van der Waals surface area (Å²) in [4.78, 5) is 0. The third kappa shape index (κ3) is 3.51. The third-order valence-corrected chi connectivity index (χ3v) is 3.82. The van der Waals surface area contributed by atoms with Gasteiger partial charge in [-0.15, -0.1) is 0 Å². The van der Waals surface area contributed by atoms with E-state index >= 15 is 0 Å². The lowest BCUT2D eigenvalue weighted by Gasteiger charge is -2.20. The van der Waals surface area contributed by atoms with Crippen LogP contribution in [0.2, 0.25) is 0 Å². The first kappa shape index (κ1) is 15.1. The van der Waals surface area contributed by atoms with Crippen molar-refractivity contribution in [1.29, 1.82) is 0 Å². The van der Waals surface area contributed by atoms with Crippen molar-refractivity contribution in [3.8, 4) is 5.75 Å². The van der Waals surface area contributed by atoms with Gasteiger partial charge in [0.2, 0.25) is 0 Å². The molecule has 0 heterocycles. The van der Waals surface area contributed by atoms with Gasteiger partial charge in [0.15, 0.2) is 0 Å². The zero-order chi connectivity index (χ0) is 13.7. The molecule has 1 aromatic rings. The fraction of sp³-hybridized carbons (Fsp3) is 0.647. The zero-order valence-corrected chi connectivity index (χ0v) is 12.6. The Kier molecular flexibility index (Phi) is 5.71. The molecule has 18 heavy (non-hydrogen) atoms. The van der Waals surface area contributed by atoms with Crippen molar-refractivity contribution in [3.63, 3.8) is 0 Å². The van der Waals surface area contributed by atoms with Gasteiger partial charge in [0, 0.05) is 0 Å². The Bertz CT molecular complexity index is 348. The second-order valence-electron chi connectivity index (χ2n) is 5.67. The van der Waals surface area contributed by atoms with Gasteiger partial charge >= 0.3 is 0 Å². The Labute approximate surface area is 112 Å². The van der Waals surface area contributed by atoms with E-state index in [0.717, 1.165) is 36.8 Å². The molecule has 102 valence electrons. The van der Waals surface area contributed by atoms with E-state index in [-0.39, 0.29) is 0 Å². The molecule has 2 atom stereocenters. The number of hydrogen-bond acceptors (Lipinski definition) is 1. The molecular weight excluding hydrogens is 220 g/mol. The summed E-state index contributed by atoms with van der Waals surface area (Å²) in [5, 5.41) is 10.5. The summed E-state index contributed by atoms with van der Waals surface area (Å²) in [7, 11) is 0. The van der Waals surface area contributed by atoms with Crippen LogP contribution in [-0.4, -0.2) is 5.11 Å². The van der Waals surface area contributed by atoms with E-state index in [2.05, 4.69) is 46.8 Å². The van der Waals surface area contributed by atoms with Crippen LogP contribution in [0.4, 0.5) is 0 Å². The first-order valence-electron chi connectivity index (χ1n) is 7.34. The number of aryl methyl sites for hydroxylation is 1. The zero-order valence-electron chi connectivity index (χ0n) is 12.6. The maximum Gasteiger partial charge on any atom is 0.122 e. The number of phenols is 1. The maximum absolute atomic E-state index is 10.5. The lowest BCUT2D eigenvalue weighted by molar-refractivity contribution is 0.445. The van der Waals surface area contributed by atoms with Crippen molar-refractivity contribution in [2.24, 2.45) is 0 Å². The highest BCUT2D eigenvalue weighted by molar-refractivity contribution is 5.46. The second-order valence-corrected chi connectivity index (χ2v) is 5.67. The minimum absolute atomic E-state index is 0.447. The summed E-state index contributed by atoms with van der Waals surface area (Å²) < 4.78 is 0. The predicted molar refractivity (Wildman–Crippen MR) is 79.5 cm³/mol. The van der Waals surface area contributed by atoms with Crippen molar-refractivity contribution in [1.82, 2.24) is 0 Å². The monoisotopic (exact) mass is 248 g/mol. The number of aromatic hydroxyl groups is 1. The van der Waals surface area contributed by atoms with Gasteiger partial charge in [0.1, 0.15) is 5.75 Å². The van der Waals surface area contributed by atoms with Crippen LogP contribution in [0.3, 0.4) is 0 Å². The molecule has 1 N–H and O–H groups in total. The van der Waals surface area contributed by atoms with Gasteiger partial charge < -0.3 is 5.11 Å². The average Bonchev–Trinajstić information content (AvgIpc) is 2.32. The van der Waals surface area contributed by atoms with Crippen LogP contribution in [0.5, 0.6) is 5.75 Å². The van der Waals surface area contributed by atoms with E-state index in [1.54, 1.807) is 0 Å². The molecule has 1 aromatic carbocycles. The Hall–Kier alpha value is -0.980. The summed E-state index contributed by atoms with van der Waals surface area (Å²) in [6.07, 6.45) is 4.60. The van der Waals surface area contributed by atoms with Gasteiger partial charge in [0.05, 0.1) is 0 Å². The summed E-state index contributed by atoms with van der Waals surface area (Å²) in [6, 6.07) is 4.30. The quantitative estimate of drug-likeness (QED) is 0.704. The van der Waals surface area contributed by atoms with Gasteiger partial charge in [-0.1, -0.05) is 58.2 Å². The van der Waals surface area contributed by atoms with Crippen molar-refractivity contribution < 1.29 is 5.11 Å². The van der Waals surface area contributed by atoms with E-state index in [9.17, 15) is 5.11 Å². The highest BCUT2D eigenvalue weighted by atomic mass is 16.3. The molecule has 0 radical (unpaired) electrons. The first-order valence-corrected chi connectivity index (χ1v) is 7.34. The maximum atomic E-state index is 10.5. The van der Waals surface area contributed by atoms with Crippen molar-refractivity contribution >= 4 is 0 Å². The molecule has 0 aliphatic carbocycles. The minimum atomic E-state index is 0.447. The van der Waals surface area contributed by atoms with Gasteiger partial charge in [-0.2, -0.15) is 0 Å². The molecule has 1 heteroatoms. The summed E-state index contributed by atoms with van der Waals surface area (Å²) in [5.41, 5.74) is 3.54. The molecule has 0 saturated carbocycles. The van der Waals surface area contributed by atoms with E-state index < -0.39 is 0 Å². The highest BCUT2D eigenvalue weighted by Crippen LogP contribution is 2.37. The topological polar surface area (TPSA) is 20.2 Å². The molecule has 1 nitrogen and oxygen atoms in total. The molecule has 1 rings (SSSR count). The summed E-state index contributed by atoms with van der Waals surface area (Å²) in [6.45, 7) is 11.0. The van der Waals surface area contributed by atoms with Crippen molar-refractivity contribution in [3.05, 3.63) is 28.8 Å². The Morgan fingerprint density at radius 2 is 1.33 bits per heavy atom. The fourth-order valence-electron chi connectivity index (χ4n) is 2.76. The number of hydrogen-bond donors (Lipinski definition) is 1. The number of phenolic OH excluding ortho intramolecular Hbond substituents is 1. The molecule has 0 aromatic heterocycles. The summed E-state index contributed by atoms with van der Waals surface area (Å²) in [5.74, 6) is 1.44. The van der Waals surface area contributed by atoms with Crippen LogP contribution in [0.1, 0.15) is 81.9 Å². The lowest BCUT2D eigenvalue weighted by atomic mass is 9.87. The smallest absolute Gasteiger partial charge is 0.122 e. The van der Waals surface area contributed by atoms with Crippen LogP contribution in [-0.2, 0) is 0 Å². The van der Waals surface area contributed by atoms with E-state index in [1.807, 2.05) is 0 Å². The highest BCUT2D eigenvalue weighted by Gasteiger charge is 2.17. The normalized spacial score (nSPS) is 14.5. The third-order valence-electron chi connectivity index (χ3n) is 3.82. The van der Waals surface area contributed by atoms with Crippen molar-refractivity contribution in [2.75, 3.05) is 0 Å². The molecule has 0 saturated heterocycles. The minimum Gasteiger partial charge on any atom is -0.507 e. The van der Waals surface area contributed by atoms with Crippen LogP contribution in [0.25, 0.3) is 0 Å². The summed E-state index contributed by atoms with van der Waals surface area (Å²) >= 11 is 0. The van der Waals surface area contributed by atoms with Crippen LogP contribution in [0.15, 0.2) is 12.1 Å². The average molecular weight is 248 g/mol. The molecular formula is C17H28O. The number of benzene rings is 1. The molecule has 2 unspecified atom stereocenters. The second kappa shape index (κ2) is 6.82. The molecule has 0 amide bonds. The van der Waals surface area contributed by atoms with Crippen LogP contribution >= 0.6 is 0 Å². The molecule has 0 bridgehead atoms. The lowest BCUT2D eigenvalue weighted by Crippen LogP contribution is -2.01. The molecule has 0 fully saturated rings. The van der Waals surface area contributed by atoms with Crippen molar-refractivity contribution in [2.45, 2.75) is 72.1 Å².